The Morgan fingerprint density at radius 2 is 2.55 bits per heavy atom. The summed E-state index contributed by atoms with van der Waals surface area (Å²) in [5.41, 5.74) is 0.594. The highest BCUT2D eigenvalue weighted by Gasteiger charge is 2.22. The minimum absolute atomic E-state index is 0.117. The van der Waals surface area contributed by atoms with Crippen molar-refractivity contribution in [2.24, 2.45) is 7.05 Å². The molecular weight excluding hydrogens is 144 g/mol. The standard InChI is InChI=1S/C7H8N2O2/c1-9-7-5(10)2-3-11-6(7)4-8-9/h4H,2-3H2,1H3. The first-order valence-corrected chi connectivity index (χ1v) is 3.47. The first kappa shape index (κ1) is 6.39. The molecule has 0 spiro atoms. The Hall–Kier alpha value is -1.32. The van der Waals surface area contributed by atoms with Gasteiger partial charge in [-0.05, 0) is 0 Å². The number of ether oxygens (including phenoxy) is 1. The van der Waals surface area contributed by atoms with Crippen LogP contribution in [0.2, 0.25) is 0 Å². The molecule has 1 aromatic rings. The molecule has 0 unspecified atom stereocenters. The Morgan fingerprint density at radius 1 is 1.73 bits per heavy atom. The van der Waals surface area contributed by atoms with Gasteiger partial charge in [0.25, 0.3) is 0 Å². The minimum atomic E-state index is 0.117. The number of carbonyl (C=O) groups excluding carboxylic acids is 1. The van der Waals surface area contributed by atoms with E-state index in [0.29, 0.717) is 24.5 Å². The van der Waals surface area contributed by atoms with E-state index >= 15 is 0 Å². The van der Waals surface area contributed by atoms with Crippen molar-refractivity contribution in [3.05, 3.63) is 11.9 Å². The van der Waals surface area contributed by atoms with Gasteiger partial charge in [0.05, 0.1) is 12.8 Å². The maximum Gasteiger partial charge on any atom is 0.188 e. The van der Waals surface area contributed by atoms with Gasteiger partial charge in [0, 0.05) is 13.5 Å². The van der Waals surface area contributed by atoms with E-state index < -0.39 is 0 Å². The fourth-order valence-corrected chi connectivity index (χ4v) is 1.21. The molecule has 0 radical (unpaired) electrons. The van der Waals surface area contributed by atoms with E-state index in [4.69, 9.17) is 4.74 Å². The second-order valence-corrected chi connectivity index (χ2v) is 2.50. The highest BCUT2D eigenvalue weighted by molar-refractivity contribution is 5.97. The summed E-state index contributed by atoms with van der Waals surface area (Å²) in [5, 5.41) is 3.92. The quantitative estimate of drug-likeness (QED) is 0.540. The van der Waals surface area contributed by atoms with Crippen molar-refractivity contribution in [3.8, 4) is 5.75 Å². The monoisotopic (exact) mass is 152 g/mol. The third-order valence-electron chi connectivity index (χ3n) is 1.76. The lowest BCUT2D eigenvalue weighted by Crippen LogP contribution is -2.17. The van der Waals surface area contributed by atoms with Gasteiger partial charge in [-0.1, -0.05) is 0 Å². The zero-order chi connectivity index (χ0) is 7.84. The summed E-state index contributed by atoms with van der Waals surface area (Å²) >= 11 is 0. The second kappa shape index (κ2) is 2.08. The maximum absolute atomic E-state index is 11.2. The Balaban J connectivity index is 2.56. The molecule has 0 saturated heterocycles. The molecule has 0 saturated carbocycles. The van der Waals surface area contributed by atoms with Crippen LogP contribution in [0.1, 0.15) is 16.9 Å². The number of aromatic nitrogens is 2. The van der Waals surface area contributed by atoms with Crippen molar-refractivity contribution in [1.29, 1.82) is 0 Å². The first-order valence-electron chi connectivity index (χ1n) is 3.47. The Morgan fingerprint density at radius 3 is 3.27 bits per heavy atom. The van der Waals surface area contributed by atoms with Crippen LogP contribution in [0.5, 0.6) is 5.75 Å². The van der Waals surface area contributed by atoms with Gasteiger partial charge in [-0.25, -0.2) is 0 Å². The van der Waals surface area contributed by atoms with E-state index in [1.807, 2.05) is 0 Å². The smallest absolute Gasteiger partial charge is 0.188 e. The van der Waals surface area contributed by atoms with Gasteiger partial charge in [-0.15, -0.1) is 0 Å². The molecule has 4 heteroatoms. The lowest BCUT2D eigenvalue weighted by atomic mass is 10.2. The Kier molecular flexibility index (Phi) is 1.21. The van der Waals surface area contributed by atoms with E-state index in [-0.39, 0.29) is 5.78 Å². The fraction of sp³-hybridized carbons (Fsp3) is 0.429. The average Bonchev–Trinajstić information content (AvgIpc) is 2.34. The molecule has 0 amide bonds. The molecule has 0 aromatic carbocycles. The molecule has 58 valence electrons. The van der Waals surface area contributed by atoms with Crippen LogP contribution in [0.15, 0.2) is 6.20 Å². The SMILES string of the molecule is Cn1ncc2c1C(=O)CCO2. The number of aryl methyl sites for hydroxylation is 1. The summed E-state index contributed by atoms with van der Waals surface area (Å²) in [6.45, 7) is 0.484. The highest BCUT2D eigenvalue weighted by Crippen LogP contribution is 2.22. The third kappa shape index (κ3) is 0.824. The van der Waals surface area contributed by atoms with Crippen molar-refractivity contribution in [2.45, 2.75) is 6.42 Å². The molecule has 4 nitrogen and oxygen atoms in total. The predicted octanol–water partition coefficient (Wildman–Crippen LogP) is 0.385. The van der Waals surface area contributed by atoms with Crippen LogP contribution in [-0.2, 0) is 7.05 Å². The van der Waals surface area contributed by atoms with Crippen LogP contribution in [0.4, 0.5) is 0 Å². The lowest BCUT2D eigenvalue weighted by molar-refractivity contribution is 0.0923. The molecule has 2 rings (SSSR count). The van der Waals surface area contributed by atoms with Crippen LogP contribution >= 0.6 is 0 Å². The summed E-state index contributed by atoms with van der Waals surface area (Å²) in [5.74, 6) is 0.731. The maximum atomic E-state index is 11.2. The van der Waals surface area contributed by atoms with Crippen molar-refractivity contribution >= 4 is 5.78 Å². The molecule has 1 aliphatic heterocycles. The predicted molar refractivity (Wildman–Crippen MR) is 37.7 cm³/mol. The molecule has 1 aliphatic rings. The summed E-state index contributed by atoms with van der Waals surface area (Å²) in [6.07, 6.45) is 2.04. The van der Waals surface area contributed by atoms with E-state index in [1.54, 1.807) is 17.9 Å². The van der Waals surface area contributed by atoms with E-state index in [0.717, 1.165) is 0 Å². The number of hydrogen-bond donors (Lipinski definition) is 0. The van der Waals surface area contributed by atoms with Crippen LogP contribution in [0.25, 0.3) is 0 Å². The van der Waals surface area contributed by atoms with Crippen molar-refractivity contribution < 1.29 is 9.53 Å². The van der Waals surface area contributed by atoms with Crippen molar-refractivity contribution in [1.82, 2.24) is 9.78 Å². The highest BCUT2D eigenvalue weighted by atomic mass is 16.5. The second-order valence-electron chi connectivity index (χ2n) is 2.50. The van der Waals surface area contributed by atoms with Crippen molar-refractivity contribution in [3.63, 3.8) is 0 Å². The molecule has 2 heterocycles. The minimum Gasteiger partial charge on any atom is -0.489 e. The molecule has 0 atom stereocenters. The van der Waals surface area contributed by atoms with Crippen LogP contribution in [0, 0.1) is 0 Å². The molecule has 0 aliphatic carbocycles. The first-order chi connectivity index (χ1) is 5.29. The molecular formula is C7H8N2O2. The summed E-state index contributed by atoms with van der Waals surface area (Å²) < 4.78 is 6.76. The van der Waals surface area contributed by atoms with Crippen LogP contribution < -0.4 is 4.74 Å². The zero-order valence-electron chi connectivity index (χ0n) is 6.20. The Bertz CT molecular complexity index is 303. The number of rotatable bonds is 0. The van der Waals surface area contributed by atoms with Gasteiger partial charge in [-0.2, -0.15) is 5.10 Å². The number of hydrogen-bond acceptors (Lipinski definition) is 3. The number of nitrogens with zero attached hydrogens (tertiary/aromatic N) is 2. The van der Waals surface area contributed by atoms with E-state index in [9.17, 15) is 4.79 Å². The zero-order valence-corrected chi connectivity index (χ0v) is 6.20. The lowest BCUT2D eigenvalue weighted by Gasteiger charge is -2.11. The molecule has 0 N–H and O–H groups in total. The fourth-order valence-electron chi connectivity index (χ4n) is 1.21. The average molecular weight is 152 g/mol. The van der Waals surface area contributed by atoms with E-state index in [1.165, 1.54) is 0 Å². The van der Waals surface area contributed by atoms with Gasteiger partial charge >= 0.3 is 0 Å². The van der Waals surface area contributed by atoms with Gasteiger partial charge < -0.3 is 4.74 Å². The largest absolute Gasteiger partial charge is 0.489 e. The summed E-state index contributed by atoms with van der Waals surface area (Å²) in [4.78, 5) is 11.2. The topological polar surface area (TPSA) is 44.1 Å². The number of Topliss-reactive ketones (excluding diaryl/α,β-unsaturated/α-hetero) is 1. The third-order valence-corrected chi connectivity index (χ3v) is 1.76. The molecule has 0 fully saturated rings. The molecule has 0 bridgehead atoms. The molecule has 11 heavy (non-hydrogen) atoms. The van der Waals surface area contributed by atoms with Gasteiger partial charge in [0.1, 0.15) is 5.69 Å². The summed E-state index contributed by atoms with van der Waals surface area (Å²) in [7, 11) is 1.74. The summed E-state index contributed by atoms with van der Waals surface area (Å²) in [6, 6.07) is 0. The van der Waals surface area contributed by atoms with Crippen molar-refractivity contribution in [2.75, 3.05) is 6.61 Å². The number of fused-ring (bicyclic) bond motifs is 1. The number of carbonyl (C=O) groups is 1. The number of ketones is 1. The van der Waals surface area contributed by atoms with E-state index in [2.05, 4.69) is 5.10 Å². The van der Waals surface area contributed by atoms with Crippen LogP contribution in [-0.4, -0.2) is 22.2 Å². The van der Waals surface area contributed by atoms with Crippen LogP contribution in [0.3, 0.4) is 0 Å². The Labute approximate surface area is 63.8 Å². The van der Waals surface area contributed by atoms with Gasteiger partial charge in [0.15, 0.2) is 11.5 Å². The normalized spacial score (nSPS) is 15.9. The van der Waals surface area contributed by atoms with Gasteiger partial charge in [-0.3, -0.25) is 9.48 Å². The molecule has 1 aromatic heterocycles. The van der Waals surface area contributed by atoms with Gasteiger partial charge in [0.2, 0.25) is 0 Å².